The first-order chi connectivity index (χ1) is 14.2. The highest BCUT2D eigenvalue weighted by Crippen LogP contribution is 2.23. The molecule has 0 unspecified atom stereocenters. The zero-order chi connectivity index (χ0) is 20.1. The summed E-state index contributed by atoms with van der Waals surface area (Å²) in [5.74, 6) is 0.223. The Bertz CT molecular complexity index is 827. The fraction of sp³-hybridized carbons (Fsp3) is 0.476. The lowest BCUT2D eigenvalue weighted by atomic mass is 10.2. The molecule has 1 aromatic heterocycles. The normalized spacial score (nSPS) is 18.1. The molecule has 4 rings (SSSR count). The Morgan fingerprint density at radius 2 is 1.59 bits per heavy atom. The summed E-state index contributed by atoms with van der Waals surface area (Å²) in [5.41, 5.74) is 1.88. The number of morpholine rings is 1. The second-order valence-electron chi connectivity index (χ2n) is 7.34. The van der Waals surface area contributed by atoms with E-state index in [-0.39, 0.29) is 11.8 Å². The van der Waals surface area contributed by atoms with E-state index in [2.05, 4.69) is 9.88 Å². The van der Waals surface area contributed by atoms with Crippen molar-refractivity contribution in [2.24, 2.45) is 0 Å². The zero-order valence-corrected chi connectivity index (χ0v) is 17.3. The Kier molecular flexibility index (Phi) is 6.53. The van der Waals surface area contributed by atoms with Gasteiger partial charge >= 0.3 is 0 Å². The molecule has 0 spiro atoms. The van der Waals surface area contributed by atoms with E-state index >= 15 is 0 Å². The van der Waals surface area contributed by atoms with Crippen LogP contribution in [0.5, 0.6) is 0 Å². The van der Waals surface area contributed by atoms with Crippen LogP contribution < -0.4 is 0 Å². The topological polar surface area (TPSA) is 66.0 Å². The van der Waals surface area contributed by atoms with E-state index in [1.165, 1.54) is 0 Å². The van der Waals surface area contributed by atoms with Crippen LogP contribution in [0.4, 0.5) is 0 Å². The molecule has 29 heavy (non-hydrogen) atoms. The predicted octanol–water partition coefficient (Wildman–Crippen LogP) is 1.36. The Hall–Kier alpha value is -2.29. The number of piperazine rings is 1. The van der Waals surface area contributed by atoms with Crippen LogP contribution in [0.2, 0.25) is 0 Å². The first-order valence-electron chi connectivity index (χ1n) is 10.0. The maximum atomic E-state index is 12.7. The molecule has 0 saturated carbocycles. The molecule has 0 aliphatic carbocycles. The van der Waals surface area contributed by atoms with E-state index in [1.54, 1.807) is 11.3 Å². The zero-order valence-electron chi connectivity index (χ0n) is 16.5. The summed E-state index contributed by atoms with van der Waals surface area (Å²) in [6.07, 6.45) is 0.311. The van der Waals surface area contributed by atoms with Gasteiger partial charge in [-0.15, -0.1) is 11.3 Å². The lowest BCUT2D eigenvalue weighted by Crippen LogP contribution is -2.53. The summed E-state index contributed by atoms with van der Waals surface area (Å²) >= 11 is 1.56. The van der Waals surface area contributed by atoms with Crippen molar-refractivity contribution in [2.75, 3.05) is 59.0 Å². The van der Waals surface area contributed by atoms with Crippen molar-refractivity contribution in [2.45, 2.75) is 6.42 Å². The molecule has 2 saturated heterocycles. The molecule has 2 fully saturated rings. The van der Waals surface area contributed by atoms with E-state index in [1.807, 2.05) is 45.5 Å². The van der Waals surface area contributed by atoms with Crippen molar-refractivity contribution in [3.63, 3.8) is 0 Å². The minimum Gasteiger partial charge on any atom is -0.379 e. The number of nitrogens with zero attached hydrogens (tertiary/aromatic N) is 4. The summed E-state index contributed by atoms with van der Waals surface area (Å²) in [4.78, 5) is 35.6. The molecule has 0 atom stereocenters. The van der Waals surface area contributed by atoms with Crippen LogP contribution in [0.3, 0.4) is 0 Å². The maximum absolute atomic E-state index is 12.7. The average Bonchev–Trinajstić information content (AvgIpc) is 3.23. The molecule has 0 N–H and O–H groups in total. The number of aromatic nitrogens is 1. The number of rotatable bonds is 5. The molecule has 7 nitrogen and oxygen atoms in total. The highest BCUT2D eigenvalue weighted by molar-refractivity contribution is 7.13. The lowest BCUT2D eigenvalue weighted by molar-refractivity contribution is -0.140. The van der Waals surface area contributed by atoms with Crippen molar-refractivity contribution >= 4 is 23.2 Å². The van der Waals surface area contributed by atoms with Crippen molar-refractivity contribution in [1.82, 2.24) is 19.7 Å². The summed E-state index contributed by atoms with van der Waals surface area (Å²) in [5, 5.41) is 2.90. The molecule has 0 bridgehead atoms. The van der Waals surface area contributed by atoms with E-state index in [4.69, 9.17) is 4.74 Å². The first kappa shape index (κ1) is 20.0. The Balaban J connectivity index is 1.25. The van der Waals surface area contributed by atoms with Crippen molar-refractivity contribution in [1.29, 1.82) is 0 Å². The number of ether oxygens (including phenoxy) is 1. The number of carbonyl (C=O) groups is 2. The molecule has 2 aliphatic rings. The van der Waals surface area contributed by atoms with Crippen LogP contribution in [0, 0.1) is 0 Å². The number of benzene rings is 1. The molecule has 154 valence electrons. The summed E-state index contributed by atoms with van der Waals surface area (Å²) in [6.45, 7) is 5.82. The second-order valence-corrected chi connectivity index (χ2v) is 8.19. The van der Waals surface area contributed by atoms with Gasteiger partial charge in [-0.3, -0.25) is 14.5 Å². The highest BCUT2D eigenvalue weighted by atomic mass is 32.1. The van der Waals surface area contributed by atoms with Crippen LogP contribution in [0.25, 0.3) is 10.6 Å². The number of thiazole rings is 1. The molecule has 1 aromatic carbocycles. The van der Waals surface area contributed by atoms with Gasteiger partial charge in [-0.2, -0.15) is 0 Å². The summed E-state index contributed by atoms with van der Waals surface area (Å²) in [6, 6.07) is 10.0. The first-order valence-corrected chi connectivity index (χ1v) is 10.9. The van der Waals surface area contributed by atoms with Gasteiger partial charge in [0.1, 0.15) is 5.01 Å². The van der Waals surface area contributed by atoms with E-state index < -0.39 is 0 Å². The van der Waals surface area contributed by atoms with Crippen LogP contribution in [0.1, 0.15) is 5.69 Å². The smallest absolute Gasteiger partial charge is 0.236 e. The molecule has 2 aliphatic heterocycles. The van der Waals surface area contributed by atoms with Gasteiger partial charge in [-0.05, 0) is 0 Å². The second kappa shape index (κ2) is 9.47. The molecule has 3 heterocycles. The number of carbonyl (C=O) groups excluding carboxylic acids is 2. The largest absolute Gasteiger partial charge is 0.379 e. The number of amides is 2. The standard InChI is InChI=1S/C21H26N4O3S/c26-19(14-18-16-29-21(22-18)17-4-2-1-3-5-17)24-6-8-25(9-7-24)20(27)15-23-10-12-28-13-11-23/h1-5,16H,6-15H2. The van der Waals surface area contributed by atoms with Gasteiger partial charge < -0.3 is 14.5 Å². The quantitative estimate of drug-likeness (QED) is 0.739. The third kappa shape index (κ3) is 5.20. The van der Waals surface area contributed by atoms with Gasteiger partial charge in [-0.1, -0.05) is 30.3 Å². The van der Waals surface area contributed by atoms with Crippen molar-refractivity contribution in [3.8, 4) is 10.6 Å². The van der Waals surface area contributed by atoms with E-state index in [0.29, 0.717) is 52.4 Å². The predicted molar refractivity (Wildman–Crippen MR) is 112 cm³/mol. The molecular weight excluding hydrogens is 388 g/mol. The van der Waals surface area contributed by atoms with Gasteiger partial charge in [0.25, 0.3) is 0 Å². The van der Waals surface area contributed by atoms with Crippen LogP contribution in [-0.4, -0.2) is 90.5 Å². The third-order valence-corrected chi connectivity index (χ3v) is 6.29. The van der Waals surface area contributed by atoms with Crippen molar-refractivity contribution < 1.29 is 14.3 Å². The maximum Gasteiger partial charge on any atom is 0.236 e. The van der Waals surface area contributed by atoms with Gasteiger partial charge in [0.15, 0.2) is 0 Å². The minimum absolute atomic E-state index is 0.0789. The fourth-order valence-corrected chi connectivity index (χ4v) is 4.45. The van der Waals surface area contributed by atoms with Crippen LogP contribution >= 0.6 is 11.3 Å². The van der Waals surface area contributed by atoms with E-state index in [0.717, 1.165) is 29.4 Å². The summed E-state index contributed by atoms with van der Waals surface area (Å²) in [7, 11) is 0. The fourth-order valence-electron chi connectivity index (χ4n) is 3.62. The van der Waals surface area contributed by atoms with Crippen LogP contribution in [-0.2, 0) is 20.7 Å². The highest BCUT2D eigenvalue weighted by Gasteiger charge is 2.26. The van der Waals surface area contributed by atoms with Crippen molar-refractivity contribution in [3.05, 3.63) is 41.4 Å². The minimum atomic E-state index is 0.0789. The van der Waals surface area contributed by atoms with Gasteiger partial charge in [0, 0.05) is 50.2 Å². The van der Waals surface area contributed by atoms with Gasteiger partial charge in [-0.25, -0.2) is 4.98 Å². The van der Waals surface area contributed by atoms with Crippen LogP contribution in [0.15, 0.2) is 35.7 Å². The molecule has 2 amide bonds. The third-order valence-electron chi connectivity index (χ3n) is 5.35. The molecule has 2 aromatic rings. The van der Waals surface area contributed by atoms with Gasteiger partial charge in [0.05, 0.1) is 31.9 Å². The Morgan fingerprint density at radius 3 is 2.28 bits per heavy atom. The number of hydrogen-bond acceptors (Lipinski definition) is 6. The Labute approximate surface area is 174 Å². The molecular formula is C21H26N4O3S. The monoisotopic (exact) mass is 414 g/mol. The van der Waals surface area contributed by atoms with E-state index in [9.17, 15) is 9.59 Å². The SMILES string of the molecule is O=C(Cc1csc(-c2ccccc2)n1)N1CCN(C(=O)CN2CCOCC2)CC1. The molecule has 0 radical (unpaired) electrons. The number of hydrogen-bond donors (Lipinski definition) is 0. The average molecular weight is 415 g/mol. The van der Waals surface area contributed by atoms with Gasteiger partial charge in [0.2, 0.25) is 11.8 Å². The molecule has 8 heteroatoms. The summed E-state index contributed by atoms with van der Waals surface area (Å²) < 4.78 is 5.33. The lowest BCUT2D eigenvalue weighted by Gasteiger charge is -2.36. The Morgan fingerprint density at radius 1 is 0.931 bits per heavy atom.